The van der Waals surface area contributed by atoms with Gasteiger partial charge in [-0.25, -0.2) is 4.98 Å². The second-order valence-electron chi connectivity index (χ2n) is 6.40. The van der Waals surface area contributed by atoms with Gasteiger partial charge in [-0.3, -0.25) is 9.59 Å². The number of hydrogen-bond acceptors (Lipinski definition) is 3. The lowest BCUT2D eigenvalue weighted by Gasteiger charge is -2.13. The van der Waals surface area contributed by atoms with Crippen molar-refractivity contribution in [3.63, 3.8) is 0 Å². The van der Waals surface area contributed by atoms with E-state index in [-0.39, 0.29) is 23.5 Å². The molecule has 27 heavy (non-hydrogen) atoms. The lowest BCUT2D eigenvalue weighted by atomic mass is 10.1. The fraction of sp³-hybridized carbons (Fsp3) is 0.389. The predicted molar refractivity (Wildman–Crippen MR) is 93.0 cm³/mol. The van der Waals surface area contributed by atoms with Gasteiger partial charge in [-0.1, -0.05) is 32.0 Å². The van der Waals surface area contributed by atoms with Gasteiger partial charge in [0, 0.05) is 13.1 Å². The lowest BCUT2D eigenvalue weighted by molar-refractivity contribution is -0.138. The van der Waals surface area contributed by atoms with Crippen molar-refractivity contribution < 1.29 is 22.8 Å². The maximum absolute atomic E-state index is 13.0. The van der Waals surface area contributed by atoms with Gasteiger partial charge in [0.2, 0.25) is 0 Å². The molecule has 0 saturated heterocycles. The number of H-pyrrole nitrogens is 1. The summed E-state index contributed by atoms with van der Waals surface area (Å²) in [7, 11) is 0. The summed E-state index contributed by atoms with van der Waals surface area (Å²) < 4.78 is 39.0. The molecule has 0 fully saturated rings. The number of halogens is 3. The molecule has 0 bridgehead atoms. The van der Waals surface area contributed by atoms with Crippen LogP contribution in [0.2, 0.25) is 0 Å². The minimum Gasteiger partial charge on any atom is -0.351 e. The fourth-order valence-corrected chi connectivity index (χ4v) is 2.41. The van der Waals surface area contributed by atoms with Crippen molar-refractivity contribution in [2.45, 2.75) is 33.0 Å². The van der Waals surface area contributed by atoms with Gasteiger partial charge in [-0.15, -0.1) is 0 Å². The van der Waals surface area contributed by atoms with E-state index in [1.54, 1.807) is 0 Å². The lowest BCUT2D eigenvalue weighted by Crippen LogP contribution is -2.30. The van der Waals surface area contributed by atoms with E-state index in [1.165, 1.54) is 24.5 Å². The van der Waals surface area contributed by atoms with Gasteiger partial charge in [-0.05, 0) is 24.0 Å². The highest BCUT2D eigenvalue weighted by Gasteiger charge is 2.33. The van der Waals surface area contributed by atoms with Crippen molar-refractivity contribution in [2.75, 3.05) is 6.54 Å². The smallest absolute Gasteiger partial charge is 0.351 e. The van der Waals surface area contributed by atoms with Crippen LogP contribution in [-0.4, -0.2) is 28.3 Å². The minimum absolute atomic E-state index is 0.0687. The Hall–Kier alpha value is -2.84. The van der Waals surface area contributed by atoms with Crippen LogP contribution in [0.3, 0.4) is 0 Å². The Morgan fingerprint density at radius 1 is 1.15 bits per heavy atom. The maximum atomic E-state index is 13.0. The van der Waals surface area contributed by atoms with Gasteiger partial charge in [0.15, 0.2) is 5.69 Å². The van der Waals surface area contributed by atoms with Crippen molar-refractivity contribution in [1.29, 1.82) is 0 Å². The summed E-state index contributed by atoms with van der Waals surface area (Å²) in [6.07, 6.45) is -2.56. The molecule has 1 heterocycles. The average Bonchev–Trinajstić information content (AvgIpc) is 3.08. The normalized spacial score (nSPS) is 11.5. The van der Waals surface area contributed by atoms with Crippen LogP contribution in [0, 0.1) is 5.92 Å². The first kappa shape index (κ1) is 20.5. The summed E-state index contributed by atoms with van der Waals surface area (Å²) in [4.78, 5) is 30.9. The topological polar surface area (TPSA) is 86.9 Å². The van der Waals surface area contributed by atoms with Crippen LogP contribution in [-0.2, 0) is 12.7 Å². The molecule has 2 rings (SSSR count). The number of benzene rings is 1. The van der Waals surface area contributed by atoms with E-state index in [2.05, 4.69) is 20.6 Å². The number of amides is 2. The fourth-order valence-electron chi connectivity index (χ4n) is 2.41. The van der Waals surface area contributed by atoms with E-state index in [0.29, 0.717) is 12.5 Å². The summed E-state index contributed by atoms with van der Waals surface area (Å²) in [6.45, 7) is 4.13. The Morgan fingerprint density at radius 3 is 2.52 bits per heavy atom. The first-order valence-electron chi connectivity index (χ1n) is 8.45. The molecule has 0 spiro atoms. The van der Waals surface area contributed by atoms with Crippen LogP contribution in [0.5, 0.6) is 0 Å². The predicted octanol–water partition coefficient (Wildman–Crippen LogP) is 3.13. The first-order valence-corrected chi connectivity index (χ1v) is 8.45. The van der Waals surface area contributed by atoms with E-state index in [9.17, 15) is 22.8 Å². The third kappa shape index (κ3) is 5.57. The molecule has 2 amide bonds. The number of nitrogens with zero attached hydrogens (tertiary/aromatic N) is 1. The van der Waals surface area contributed by atoms with E-state index >= 15 is 0 Å². The molecular weight excluding hydrogens is 361 g/mol. The largest absolute Gasteiger partial charge is 0.416 e. The number of rotatable bonds is 7. The monoisotopic (exact) mass is 382 g/mol. The molecule has 0 aliphatic rings. The molecule has 146 valence electrons. The van der Waals surface area contributed by atoms with Crippen molar-refractivity contribution in [2.24, 2.45) is 5.92 Å². The molecule has 0 unspecified atom stereocenters. The van der Waals surface area contributed by atoms with E-state index in [1.807, 2.05) is 13.8 Å². The number of imidazole rings is 1. The van der Waals surface area contributed by atoms with Gasteiger partial charge in [-0.2, -0.15) is 13.2 Å². The Kier molecular flexibility index (Phi) is 6.59. The minimum atomic E-state index is -4.52. The zero-order chi connectivity index (χ0) is 20.0. The van der Waals surface area contributed by atoms with Crippen LogP contribution in [0.1, 0.15) is 52.4 Å². The zero-order valence-electron chi connectivity index (χ0n) is 15.0. The van der Waals surface area contributed by atoms with Crippen LogP contribution < -0.4 is 10.6 Å². The van der Waals surface area contributed by atoms with Gasteiger partial charge < -0.3 is 15.6 Å². The van der Waals surface area contributed by atoms with E-state index in [0.717, 1.165) is 12.5 Å². The van der Waals surface area contributed by atoms with Crippen LogP contribution in [0.25, 0.3) is 0 Å². The molecule has 0 radical (unpaired) electrons. The molecule has 0 aliphatic heterocycles. The highest BCUT2D eigenvalue weighted by molar-refractivity contribution is 6.04. The molecule has 6 nitrogen and oxygen atoms in total. The SMILES string of the molecule is CC(C)CCNC(=O)c1nc[nH]c1C(=O)NCc1ccccc1C(F)(F)F. The van der Waals surface area contributed by atoms with Gasteiger partial charge in [0.05, 0.1) is 11.9 Å². The molecule has 1 aromatic heterocycles. The second-order valence-corrected chi connectivity index (χ2v) is 6.40. The summed E-state index contributed by atoms with van der Waals surface area (Å²) in [5.41, 5.74) is -1.08. The number of alkyl halides is 3. The van der Waals surface area contributed by atoms with Crippen molar-refractivity contribution >= 4 is 11.8 Å². The third-order valence-electron chi connectivity index (χ3n) is 3.85. The molecular formula is C18H21F3N4O2. The number of hydrogen-bond donors (Lipinski definition) is 3. The van der Waals surface area contributed by atoms with Crippen LogP contribution in [0.15, 0.2) is 30.6 Å². The molecule has 2 aromatic rings. The van der Waals surface area contributed by atoms with Crippen LogP contribution >= 0.6 is 0 Å². The quantitative estimate of drug-likeness (QED) is 0.688. The van der Waals surface area contributed by atoms with Gasteiger partial charge in [0.1, 0.15) is 5.69 Å². The number of aromatic amines is 1. The molecule has 1 aromatic carbocycles. The van der Waals surface area contributed by atoms with Crippen molar-refractivity contribution in [3.05, 3.63) is 53.1 Å². The summed E-state index contributed by atoms with van der Waals surface area (Å²) in [5.74, 6) is -0.822. The van der Waals surface area contributed by atoms with Crippen molar-refractivity contribution in [3.8, 4) is 0 Å². The number of carbonyl (C=O) groups excluding carboxylic acids is 2. The zero-order valence-corrected chi connectivity index (χ0v) is 15.0. The second kappa shape index (κ2) is 8.70. The highest BCUT2D eigenvalue weighted by Crippen LogP contribution is 2.31. The number of nitrogens with one attached hydrogen (secondary N) is 3. The van der Waals surface area contributed by atoms with Gasteiger partial charge in [0.25, 0.3) is 11.8 Å². The Bertz CT molecular complexity index is 800. The first-order chi connectivity index (χ1) is 12.7. The maximum Gasteiger partial charge on any atom is 0.416 e. The van der Waals surface area contributed by atoms with Gasteiger partial charge >= 0.3 is 6.18 Å². The Labute approximate surface area is 154 Å². The Morgan fingerprint density at radius 2 is 1.85 bits per heavy atom. The molecule has 0 saturated carbocycles. The molecule has 9 heteroatoms. The van der Waals surface area contributed by atoms with Crippen LogP contribution in [0.4, 0.5) is 13.2 Å². The Balaban J connectivity index is 2.04. The number of carbonyl (C=O) groups is 2. The van der Waals surface area contributed by atoms with E-state index < -0.39 is 23.6 Å². The molecule has 0 atom stereocenters. The summed E-state index contributed by atoms with van der Waals surface area (Å²) in [5, 5.41) is 5.06. The molecule has 0 aliphatic carbocycles. The molecule has 3 N–H and O–H groups in total. The number of aromatic nitrogens is 2. The standard InChI is InChI=1S/C18H21F3N4O2/c1-11(2)7-8-22-16(26)14-15(25-10-24-14)17(27)23-9-12-5-3-4-6-13(12)18(19,20)21/h3-6,10-11H,7-9H2,1-2H3,(H,22,26)(H,23,27)(H,24,25). The highest BCUT2D eigenvalue weighted by atomic mass is 19.4. The summed E-state index contributed by atoms with van der Waals surface area (Å²) in [6, 6.07) is 4.98. The van der Waals surface area contributed by atoms with E-state index in [4.69, 9.17) is 0 Å². The average molecular weight is 382 g/mol. The third-order valence-corrected chi connectivity index (χ3v) is 3.85. The van der Waals surface area contributed by atoms with Crippen molar-refractivity contribution in [1.82, 2.24) is 20.6 Å². The summed E-state index contributed by atoms with van der Waals surface area (Å²) >= 11 is 0.